The number of ether oxygens (including phenoxy) is 1. The molecule has 86 valence electrons. The van der Waals surface area contributed by atoms with Gasteiger partial charge >= 0.3 is 0 Å². The molecule has 1 atom stereocenters. The van der Waals surface area contributed by atoms with Crippen LogP contribution >= 0.6 is 0 Å². The third-order valence-electron chi connectivity index (χ3n) is 2.16. The van der Waals surface area contributed by atoms with Crippen LogP contribution in [0.3, 0.4) is 0 Å². The number of aliphatic hydroxyl groups is 3. The van der Waals surface area contributed by atoms with Gasteiger partial charge in [0.2, 0.25) is 0 Å². The van der Waals surface area contributed by atoms with Crippen molar-refractivity contribution in [1.82, 2.24) is 0 Å². The molecule has 0 saturated heterocycles. The van der Waals surface area contributed by atoms with Crippen LogP contribution in [0.5, 0.6) is 0 Å². The minimum absolute atomic E-state index is 0.0261. The maximum atomic E-state index is 8.98. The molecule has 0 radical (unpaired) electrons. The van der Waals surface area contributed by atoms with Gasteiger partial charge < -0.3 is 25.8 Å². The standard InChI is InChI=1S/C9H21NO4/c1-8(10)4-14-3-2-9(5-11,6-12)7-13/h8,11-13H,2-7,10H2,1H3. The van der Waals surface area contributed by atoms with Crippen LogP contribution in [0, 0.1) is 5.41 Å². The van der Waals surface area contributed by atoms with Crippen LogP contribution in [0.2, 0.25) is 0 Å². The number of hydrogen-bond acceptors (Lipinski definition) is 5. The van der Waals surface area contributed by atoms with Crippen molar-refractivity contribution in [3.63, 3.8) is 0 Å². The van der Waals surface area contributed by atoms with Gasteiger partial charge in [-0.1, -0.05) is 0 Å². The van der Waals surface area contributed by atoms with E-state index < -0.39 is 5.41 Å². The summed E-state index contributed by atoms with van der Waals surface area (Å²) in [6.07, 6.45) is 0.420. The highest BCUT2D eigenvalue weighted by atomic mass is 16.5. The minimum atomic E-state index is -0.835. The van der Waals surface area contributed by atoms with Crippen molar-refractivity contribution in [2.45, 2.75) is 19.4 Å². The molecule has 0 amide bonds. The van der Waals surface area contributed by atoms with E-state index in [-0.39, 0.29) is 25.9 Å². The molecule has 14 heavy (non-hydrogen) atoms. The summed E-state index contributed by atoms with van der Waals surface area (Å²) >= 11 is 0. The molecule has 0 heterocycles. The molecule has 0 aliphatic heterocycles. The summed E-state index contributed by atoms with van der Waals surface area (Å²) in [6.45, 7) is 1.91. The topological polar surface area (TPSA) is 95.9 Å². The molecule has 0 bridgehead atoms. The smallest absolute Gasteiger partial charge is 0.0614 e. The Morgan fingerprint density at radius 2 is 1.71 bits per heavy atom. The number of nitrogens with two attached hydrogens (primary N) is 1. The summed E-state index contributed by atoms with van der Waals surface area (Å²) in [6, 6.07) is -0.0261. The van der Waals surface area contributed by atoms with Crippen LogP contribution < -0.4 is 5.73 Å². The summed E-state index contributed by atoms with van der Waals surface area (Å²) in [4.78, 5) is 0. The molecule has 5 nitrogen and oxygen atoms in total. The monoisotopic (exact) mass is 207 g/mol. The van der Waals surface area contributed by atoms with Crippen molar-refractivity contribution in [2.75, 3.05) is 33.0 Å². The Morgan fingerprint density at radius 1 is 1.21 bits per heavy atom. The third kappa shape index (κ3) is 4.88. The summed E-state index contributed by atoms with van der Waals surface area (Å²) in [7, 11) is 0. The number of aliphatic hydroxyl groups excluding tert-OH is 3. The Balaban J connectivity index is 3.71. The molecule has 0 saturated carbocycles. The number of rotatable bonds is 8. The van der Waals surface area contributed by atoms with Gasteiger partial charge in [0, 0.05) is 18.1 Å². The first-order valence-electron chi connectivity index (χ1n) is 4.76. The summed E-state index contributed by atoms with van der Waals surface area (Å²) in [5.41, 5.74) is 4.63. The first kappa shape index (κ1) is 13.8. The van der Waals surface area contributed by atoms with Crippen molar-refractivity contribution in [3.8, 4) is 0 Å². The lowest BCUT2D eigenvalue weighted by Gasteiger charge is -2.27. The van der Waals surface area contributed by atoms with E-state index in [0.29, 0.717) is 19.6 Å². The van der Waals surface area contributed by atoms with E-state index in [1.165, 1.54) is 0 Å². The molecule has 5 N–H and O–H groups in total. The van der Waals surface area contributed by atoms with Gasteiger partial charge in [0.1, 0.15) is 0 Å². The fourth-order valence-electron chi connectivity index (χ4n) is 0.945. The van der Waals surface area contributed by atoms with Crippen molar-refractivity contribution < 1.29 is 20.1 Å². The zero-order chi connectivity index (χ0) is 11.0. The van der Waals surface area contributed by atoms with Gasteiger partial charge in [-0.15, -0.1) is 0 Å². The molecule has 0 aromatic rings. The molecule has 0 spiro atoms. The maximum Gasteiger partial charge on any atom is 0.0614 e. The first-order valence-corrected chi connectivity index (χ1v) is 4.76. The van der Waals surface area contributed by atoms with Crippen LogP contribution in [0.1, 0.15) is 13.3 Å². The number of hydrogen-bond donors (Lipinski definition) is 4. The van der Waals surface area contributed by atoms with E-state index in [0.717, 1.165) is 0 Å². The van der Waals surface area contributed by atoms with Crippen LogP contribution in [0.25, 0.3) is 0 Å². The van der Waals surface area contributed by atoms with Crippen molar-refractivity contribution >= 4 is 0 Å². The largest absolute Gasteiger partial charge is 0.396 e. The van der Waals surface area contributed by atoms with E-state index in [9.17, 15) is 0 Å². The predicted molar refractivity (Wildman–Crippen MR) is 52.8 cm³/mol. The average molecular weight is 207 g/mol. The second-order valence-corrected chi connectivity index (χ2v) is 3.78. The van der Waals surface area contributed by atoms with Gasteiger partial charge in [0.05, 0.1) is 26.4 Å². The molecule has 5 heteroatoms. The molecule has 0 aromatic carbocycles. The molecular formula is C9H21NO4. The van der Waals surface area contributed by atoms with Crippen LogP contribution in [-0.4, -0.2) is 54.4 Å². The molecule has 0 rings (SSSR count). The molecular weight excluding hydrogens is 186 g/mol. The molecule has 0 fully saturated rings. The average Bonchev–Trinajstić information content (AvgIpc) is 2.19. The maximum absolute atomic E-state index is 8.98. The Bertz CT molecular complexity index is 129. The fourth-order valence-corrected chi connectivity index (χ4v) is 0.945. The van der Waals surface area contributed by atoms with Gasteiger partial charge in [-0.3, -0.25) is 0 Å². The van der Waals surface area contributed by atoms with Crippen molar-refractivity contribution in [2.24, 2.45) is 11.1 Å². The van der Waals surface area contributed by atoms with E-state index in [2.05, 4.69) is 0 Å². The zero-order valence-electron chi connectivity index (χ0n) is 8.65. The summed E-state index contributed by atoms with van der Waals surface area (Å²) < 4.78 is 5.20. The quantitative estimate of drug-likeness (QED) is 0.371. The highest BCUT2D eigenvalue weighted by molar-refractivity contribution is 4.76. The van der Waals surface area contributed by atoms with Crippen LogP contribution in [-0.2, 0) is 4.74 Å². The van der Waals surface area contributed by atoms with Gasteiger partial charge in [0.25, 0.3) is 0 Å². The Hall–Kier alpha value is -0.200. The highest BCUT2D eigenvalue weighted by Crippen LogP contribution is 2.19. The Morgan fingerprint density at radius 3 is 2.07 bits per heavy atom. The van der Waals surface area contributed by atoms with E-state index in [1.54, 1.807) is 0 Å². The second kappa shape index (κ2) is 7.14. The Labute approximate surface area is 84.5 Å². The second-order valence-electron chi connectivity index (χ2n) is 3.78. The summed E-state index contributed by atoms with van der Waals surface area (Å²) in [5.74, 6) is 0. The van der Waals surface area contributed by atoms with Crippen molar-refractivity contribution in [1.29, 1.82) is 0 Å². The minimum Gasteiger partial charge on any atom is -0.396 e. The first-order chi connectivity index (χ1) is 6.60. The lowest BCUT2D eigenvalue weighted by molar-refractivity contribution is -0.0219. The van der Waals surface area contributed by atoms with Gasteiger partial charge in [0.15, 0.2) is 0 Å². The van der Waals surface area contributed by atoms with Crippen LogP contribution in [0.4, 0.5) is 0 Å². The van der Waals surface area contributed by atoms with E-state index in [1.807, 2.05) is 6.92 Å². The van der Waals surface area contributed by atoms with Gasteiger partial charge in [-0.25, -0.2) is 0 Å². The predicted octanol–water partition coefficient (Wildman–Crippen LogP) is -1.30. The van der Waals surface area contributed by atoms with E-state index in [4.69, 9.17) is 25.8 Å². The Kier molecular flexibility index (Phi) is 7.04. The van der Waals surface area contributed by atoms with Crippen molar-refractivity contribution in [3.05, 3.63) is 0 Å². The van der Waals surface area contributed by atoms with Gasteiger partial charge in [-0.2, -0.15) is 0 Å². The van der Waals surface area contributed by atoms with Gasteiger partial charge in [-0.05, 0) is 13.3 Å². The molecule has 0 aromatic heterocycles. The SMILES string of the molecule is CC(N)COCCC(CO)(CO)CO. The summed E-state index contributed by atoms with van der Waals surface area (Å²) in [5, 5.41) is 27.0. The zero-order valence-corrected chi connectivity index (χ0v) is 8.65. The lowest BCUT2D eigenvalue weighted by Crippen LogP contribution is -2.35. The normalized spacial score (nSPS) is 14.4. The van der Waals surface area contributed by atoms with Crippen LogP contribution in [0.15, 0.2) is 0 Å². The molecule has 1 unspecified atom stereocenters. The van der Waals surface area contributed by atoms with E-state index >= 15 is 0 Å². The third-order valence-corrected chi connectivity index (χ3v) is 2.16. The molecule has 0 aliphatic rings. The molecule has 0 aliphatic carbocycles. The fraction of sp³-hybridized carbons (Fsp3) is 1.00. The highest BCUT2D eigenvalue weighted by Gasteiger charge is 2.27. The lowest BCUT2D eigenvalue weighted by atomic mass is 9.88.